The molecule has 2 N–H and O–H groups in total. The number of benzene rings is 2. The van der Waals surface area contributed by atoms with Gasteiger partial charge < -0.3 is 10.4 Å². The Balaban J connectivity index is 2.35. The van der Waals surface area contributed by atoms with E-state index in [-0.39, 0.29) is 6.42 Å². The predicted octanol–water partition coefficient (Wildman–Crippen LogP) is 4.27. The van der Waals surface area contributed by atoms with Crippen molar-refractivity contribution in [1.29, 1.82) is 0 Å². The average Bonchev–Trinajstić information content (AvgIpc) is 2.34. The number of anilines is 2. The molecular formula is C15H13BrFNO2. The molecule has 2 aromatic carbocycles. The van der Waals surface area contributed by atoms with Crippen LogP contribution in [0.5, 0.6) is 0 Å². The first-order valence-electron chi connectivity index (χ1n) is 5.99. The van der Waals surface area contributed by atoms with Crippen LogP contribution in [-0.4, -0.2) is 11.1 Å². The van der Waals surface area contributed by atoms with Crippen molar-refractivity contribution in [2.75, 3.05) is 5.32 Å². The Bertz CT molecular complexity index is 658. The normalized spacial score (nSPS) is 10.3. The van der Waals surface area contributed by atoms with Crippen LogP contribution in [0.25, 0.3) is 0 Å². The van der Waals surface area contributed by atoms with Gasteiger partial charge in [-0.25, -0.2) is 4.39 Å². The largest absolute Gasteiger partial charge is 0.481 e. The number of hydrogen-bond acceptors (Lipinski definition) is 2. The van der Waals surface area contributed by atoms with Crippen molar-refractivity contribution in [2.45, 2.75) is 13.3 Å². The van der Waals surface area contributed by atoms with Crippen LogP contribution in [-0.2, 0) is 11.2 Å². The topological polar surface area (TPSA) is 49.3 Å². The molecule has 0 amide bonds. The minimum absolute atomic E-state index is 0.233. The second-order valence-electron chi connectivity index (χ2n) is 4.48. The van der Waals surface area contributed by atoms with Crippen molar-refractivity contribution in [3.8, 4) is 0 Å². The highest BCUT2D eigenvalue weighted by Crippen LogP contribution is 2.29. The molecule has 0 heterocycles. The first-order chi connectivity index (χ1) is 9.45. The lowest BCUT2D eigenvalue weighted by molar-refractivity contribution is -0.136. The van der Waals surface area contributed by atoms with Crippen LogP contribution in [0, 0.1) is 12.7 Å². The molecule has 0 atom stereocenters. The van der Waals surface area contributed by atoms with E-state index in [1.54, 1.807) is 6.07 Å². The van der Waals surface area contributed by atoms with Crippen molar-refractivity contribution >= 4 is 33.3 Å². The Morgan fingerprint density at radius 1 is 1.25 bits per heavy atom. The van der Waals surface area contributed by atoms with Gasteiger partial charge in [-0.2, -0.15) is 0 Å². The molecule has 0 aliphatic rings. The van der Waals surface area contributed by atoms with E-state index < -0.39 is 11.8 Å². The summed E-state index contributed by atoms with van der Waals surface area (Å²) in [4.78, 5) is 10.8. The molecule has 0 saturated carbocycles. The van der Waals surface area contributed by atoms with Gasteiger partial charge in [-0.15, -0.1) is 0 Å². The van der Waals surface area contributed by atoms with Crippen molar-refractivity contribution in [3.05, 3.63) is 57.8 Å². The van der Waals surface area contributed by atoms with Crippen LogP contribution in [0.3, 0.4) is 0 Å². The molecule has 2 rings (SSSR count). The van der Waals surface area contributed by atoms with Crippen molar-refractivity contribution in [2.24, 2.45) is 0 Å². The Kier molecular flexibility index (Phi) is 4.39. The third-order valence-corrected chi connectivity index (χ3v) is 3.46. The lowest BCUT2D eigenvalue weighted by Gasteiger charge is -2.13. The lowest BCUT2D eigenvalue weighted by atomic mass is 10.1. The van der Waals surface area contributed by atoms with Crippen molar-refractivity contribution < 1.29 is 14.3 Å². The van der Waals surface area contributed by atoms with Crippen LogP contribution >= 0.6 is 15.9 Å². The van der Waals surface area contributed by atoms with Crippen LogP contribution in [0.15, 0.2) is 40.9 Å². The molecule has 2 aromatic rings. The SMILES string of the molecule is Cc1ccc(Nc2ccc(F)cc2CC(=O)O)c(Br)c1. The number of rotatable bonds is 4. The van der Waals surface area contributed by atoms with Gasteiger partial charge >= 0.3 is 5.97 Å². The Hall–Kier alpha value is -1.88. The number of hydrogen-bond donors (Lipinski definition) is 2. The standard InChI is InChI=1S/C15H13BrFNO2/c1-9-2-4-14(12(16)6-9)18-13-5-3-11(17)7-10(13)8-15(19)20/h2-7,18H,8H2,1H3,(H,19,20). The van der Waals surface area contributed by atoms with Crippen LogP contribution in [0.1, 0.15) is 11.1 Å². The molecule has 0 spiro atoms. The van der Waals surface area contributed by atoms with Gasteiger partial charge in [0, 0.05) is 10.2 Å². The maximum atomic E-state index is 13.2. The number of halogens is 2. The summed E-state index contributed by atoms with van der Waals surface area (Å²) in [5, 5.41) is 12.0. The smallest absolute Gasteiger partial charge is 0.307 e. The predicted molar refractivity (Wildman–Crippen MR) is 79.9 cm³/mol. The molecule has 0 aromatic heterocycles. The quantitative estimate of drug-likeness (QED) is 0.875. The maximum Gasteiger partial charge on any atom is 0.307 e. The minimum Gasteiger partial charge on any atom is -0.481 e. The molecule has 0 aliphatic carbocycles. The average molecular weight is 338 g/mol. The zero-order valence-corrected chi connectivity index (χ0v) is 12.4. The fraction of sp³-hybridized carbons (Fsp3) is 0.133. The van der Waals surface area contributed by atoms with Crippen LogP contribution in [0.4, 0.5) is 15.8 Å². The molecular weight excluding hydrogens is 325 g/mol. The lowest BCUT2D eigenvalue weighted by Crippen LogP contribution is -2.04. The Labute approximate surface area is 124 Å². The Morgan fingerprint density at radius 3 is 2.60 bits per heavy atom. The highest BCUT2D eigenvalue weighted by Gasteiger charge is 2.10. The molecule has 0 radical (unpaired) electrons. The summed E-state index contributed by atoms with van der Waals surface area (Å²) in [5.74, 6) is -1.45. The van der Waals surface area contributed by atoms with E-state index in [1.165, 1.54) is 12.1 Å². The van der Waals surface area contributed by atoms with E-state index in [1.807, 2.05) is 25.1 Å². The second-order valence-corrected chi connectivity index (χ2v) is 5.33. The van der Waals surface area contributed by atoms with Crippen LogP contribution < -0.4 is 5.32 Å². The first kappa shape index (κ1) is 14.5. The zero-order chi connectivity index (χ0) is 14.7. The van der Waals surface area contributed by atoms with E-state index >= 15 is 0 Å². The summed E-state index contributed by atoms with van der Waals surface area (Å²) in [7, 11) is 0. The summed E-state index contributed by atoms with van der Waals surface area (Å²) in [6.45, 7) is 1.97. The van der Waals surface area contributed by atoms with E-state index in [2.05, 4.69) is 21.2 Å². The summed E-state index contributed by atoms with van der Waals surface area (Å²) >= 11 is 3.44. The van der Waals surface area contributed by atoms with E-state index in [0.717, 1.165) is 15.7 Å². The van der Waals surface area contributed by atoms with Gasteiger partial charge in [-0.1, -0.05) is 6.07 Å². The molecule has 5 heteroatoms. The van der Waals surface area contributed by atoms with E-state index in [0.29, 0.717) is 11.3 Å². The van der Waals surface area contributed by atoms with Gasteiger partial charge in [0.1, 0.15) is 5.82 Å². The fourth-order valence-corrected chi connectivity index (χ4v) is 2.45. The van der Waals surface area contributed by atoms with Crippen molar-refractivity contribution in [3.63, 3.8) is 0 Å². The third kappa shape index (κ3) is 3.57. The number of carbonyl (C=O) groups is 1. The second kappa shape index (κ2) is 6.05. The Morgan fingerprint density at radius 2 is 1.95 bits per heavy atom. The molecule has 0 fully saturated rings. The zero-order valence-electron chi connectivity index (χ0n) is 10.8. The number of carboxylic acid groups (broad SMARTS) is 1. The summed E-state index contributed by atoms with van der Waals surface area (Å²) in [6, 6.07) is 9.85. The minimum atomic E-state index is -0.998. The fourth-order valence-electron chi connectivity index (χ4n) is 1.86. The maximum absolute atomic E-state index is 13.2. The summed E-state index contributed by atoms with van der Waals surface area (Å²) in [6.07, 6.45) is -0.233. The van der Waals surface area contributed by atoms with Gasteiger partial charge in [-0.05, 0) is 64.3 Å². The van der Waals surface area contributed by atoms with Crippen LogP contribution in [0.2, 0.25) is 0 Å². The molecule has 0 unspecified atom stereocenters. The van der Waals surface area contributed by atoms with Gasteiger partial charge in [0.15, 0.2) is 0 Å². The number of nitrogens with one attached hydrogen (secondary N) is 1. The summed E-state index contributed by atoms with van der Waals surface area (Å²) in [5.41, 5.74) is 2.89. The number of aryl methyl sites for hydroxylation is 1. The first-order valence-corrected chi connectivity index (χ1v) is 6.78. The highest BCUT2D eigenvalue weighted by atomic mass is 79.9. The number of carboxylic acids is 1. The third-order valence-electron chi connectivity index (χ3n) is 2.80. The molecule has 20 heavy (non-hydrogen) atoms. The van der Waals surface area contributed by atoms with Crippen molar-refractivity contribution in [1.82, 2.24) is 0 Å². The van der Waals surface area contributed by atoms with Gasteiger partial charge in [0.25, 0.3) is 0 Å². The highest BCUT2D eigenvalue weighted by molar-refractivity contribution is 9.10. The summed E-state index contributed by atoms with van der Waals surface area (Å²) < 4.78 is 14.1. The molecule has 3 nitrogen and oxygen atoms in total. The molecule has 0 saturated heterocycles. The van der Waals surface area contributed by atoms with E-state index in [9.17, 15) is 9.18 Å². The van der Waals surface area contributed by atoms with Gasteiger partial charge in [0.05, 0.1) is 12.1 Å². The molecule has 0 aliphatic heterocycles. The monoisotopic (exact) mass is 337 g/mol. The number of aliphatic carboxylic acids is 1. The van der Waals surface area contributed by atoms with Gasteiger partial charge in [-0.3, -0.25) is 4.79 Å². The molecule has 104 valence electrons. The molecule has 0 bridgehead atoms. The van der Waals surface area contributed by atoms with Gasteiger partial charge in [0.2, 0.25) is 0 Å². The van der Waals surface area contributed by atoms with E-state index in [4.69, 9.17) is 5.11 Å².